The van der Waals surface area contributed by atoms with Crippen LogP contribution < -0.4 is 12.3 Å². The minimum absolute atomic E-state index is 0. The molecule has 0 saturated carbocycles. The summed E-state index contributed by atoms with van der Waals surface area (Å²) in [6.07, 6.45) is 0. The van der Waals surface area contributed by atoms with Crippen molar-refractivity contribution in [2.45, 2.75) is 27.7 Å². The van der Waals surface area contributed by atoms with Crippen molar-refractivity contribution in [3.8, 4) is 0 Å². The second-order valence-electron chi connectivity index (χ2n) is 2.08. The van der Waals surface area contributed by atoms with Crippen LogP contribution in [-0.4, -0.2) is 250 Å². The normalized spacial score (nSPS) is 4.33. The van der Waals surface area contributed by atoms with Gasteiger partial charge in [-0.25, -0.2) is 0 Å². The summed E-state index contributed by atoms with van der Waals surface area (Å²) in [5, 5.41) is 29.7. The van der Waals surface area contributed by atoms with Crippen LogP contribution in [0.1, 0.15) is 27.7 Å². The number of hydrogen-bond acceptors (Lipinski definition) is 6. The van der Waals surface area contributed by atoms with Crippen molar-refractivity contribution in [3.05, 3.63) is 13.2 Å². The summed E-state index contributed by atoms with van der Waals surface area (Å²) >= 11 is 0. The monoisotopic (exact) mass is 462 g/mol. The third-order valence-electron chi connectivity index (χ3n) is 0. The predicted octanol–water partition coefficient (Wildman–Crippen LogP) is -1.10. The summed E-state index contributed by atoms with van der Waals surface area (Å²) in [5.74, 6) is -3.33. The quantitative estimate of drug-likeness (QED) is 0.188. The molecule has 10 nitrogen and oxygen atoms in total. The molecule has 24 heavy (non-hydrogen) atoms. The molecule has 0 bridgehead atoms. The Hall–Kier alpha value is 4.09. The SMILES string of the molecule is C=C.CC(=O)O.CC(=O)O.CC(=O)O.CC(=O)O.N.N.[KH].[KH].[KH].[KH]. The van der Waals surface area contributed by atoms with E-state index >= 15 is 0 Å². The first-order chi connectivity index (χ1) is 7.93. The van der Waals surface area contributed by atoms with Crippen LogP contribution in [0.3, 0.4) is 0 Å². The van der Waals surface area contributed by atoms with E-state index in [4.69, 9.17) is 39.6 Å². The minimum atomic E-state index is -0.833. The molecule has 0 heterocycles. The first-order valence-corrected chi connectivity index (χ1v) is 4.21. The second-order valence-corrected chi connectivity index (χ2v) is 2.08. The Kier molecular flexibility index (Phi) is 209. The van der Waals surface area contributed by atoms with Gasteiger partial charge in [0.2, 0.25) is 0 Å². The summed E-state index contributed by atoms with van der Waals surface area (Å²) in [7, 11) is 0. The zero-order valence-electron chi connectivity index (χ0n) is 12.3. The van der Waals surface area contributed by atoms with E-state index in [0.717, 1.165) is 27.7 Å². The van der Waals surface area contributed by atoms with Gasteiger partial charge in [0.1, 0.15) is 0 Å². The van der Waals surface area contributed by atoms with E-state index in [0.29, 0.717) is 0 Å². The van der Waals surface area contributed by atoms with Gasteiger partial charge in [-0.15, -0.1) is 13.2 Å². The zero-order chi connectivity index (χ0) is 16.3. The van der Waals surface area contributed by atoms with Gasteiger partial charge in [-0.1, -0.05) is 0 Å². The van der Waals surface area contributed by atoms with Crippen molar-refractivity contribution in [1.82, 2.24) is 12.3 Å². The fraction of sp³-hybridized carbons (Fsp3) is 0.400. The Morgan fingerprint density at radius 1 is 0.500 bits per heavy atom. The topological polar surface area (TPSA) is 219 Å². The third-order valence-corrected chi connectivity index (χ3v) is 0. The van der Waals surface area contributed by atoms with Crippen LogP contribution >= 0.6 is 0 Å². The molecular formula is C10H30K4N2O8. The van der Waals surface area contributed by atoms with Crippen LogP contribution in [0.15, 0.2) is 13.2 Å². The molecule has 132 valence electrons. The molecule has 0 aromatic heterocycles. The molecule has 0 aromatic carbocycles. The number of hydrogen-bond donors (Lipinski definition) is 6. The standard InChI is InChI=1S/4C2H4O2.C2H4.4K.2H3N.4H/c4*1-2(3)4;1-2;;;;;;;;;;/h4*1H3,(H,3,4);1-2H2;;;;;2*1H3;;;;. The first-order valence-electron chi connectivity index (χ1n) is 4.21. The van der Waals surface area contributed by atoms with Crippen molar-refractivity contribution in [2.24, 2.45) is 0 Å². The van der Waals surface area contributed by atoms with Gasteiger partial charge in [0.25, 0.3) is 23.9 Å². The van der Waals surface area contributed by atoms with Crippen molar-refractivity contribution in [1.29, 1.82) is 0 Å². The van der Waals surface area contributed by atoms with Gasteiger partial charge in [-0.2, -0.15) is 0 Å². The average Bonchev–Trinajstić information content (AvgIpc) is 2.01. The predicted molar refractivity (Wildman–Crippen MR) is 103 cm³/mol. The molecule has 0 amide bonds. The van der Waals surface area contributed by atoms with Crippen molar-refractivity contribution < 1.29 is 39.6 Å². The van der Waals surface area contributed by atoms with E-state index in [1.165, 1.54) is 0 Å². The molecule has 0 unspecified atom stereocenters. The summed E-state index contributed by atoms with van der Waals surface area (Å²) in [6, 6.07) is 0. The maximum absolute atomic E-state index is 9.00. The van der Waals surface area contributed by atoms with E-state index in [9.17, 15) is 0 Å². The Morgan fingerprint density at radius 2 is 0.500 bits per heavy atom. The Balaban J connectivity index is -0.00000000932. The molecule has 0 aliphatic carbocycles. The van der Waals surface area contributed by atoms with Gasteiger partial charge in [0, 0.05) is 27.7 Å². The van der Waals surface area contributed by atoms with Gasteiger partial charge in [0.05, 0.1) is 0 Å². The molecular weight excluding hydrogens is 433 g/mol. The fourth-order valence-electron chi connectivity index (χ4n) is 0. The van der Waals surface area contributed by atoms with Crippen molar-refractivity contribution in [3.63, 3.8) is 0 Å². The third kappa shape index (κ3) is 983. The second kappa shape index (κ2) is 71.2. The Morgan fingerprint density at radius 3 is 0.500 bits per heavy atom. The Bertz CT molecular complexity index is 195. The molecule has 0 saturated heterocycles. The van der Waals surface area contributed by atoms with Gasteiger partial charge >= 0.3 is 206 Å². The molecule has 0 atom stereocenters. The zero-order valence-corrected chi connectivity index (χ0v) is 12.3. The number of carboxylic acids is 4. The van der Waals surface area contributed by atoms with E-state index in [1.807, 2.05) is 0 Å². The summed E-state index contributed by atoms with van der Waals surface area (Å²) in [5.41, 5.74) is 0. The number of aliphatic carboxylic acids is 4. The number of rotatable bonds is 0. The van der Waals surface area contributed by atoms with Crippen LogP contribution in [0.2, 0.25) is 0 Å². The average molecular weight is 463 g/mol. The van der Waals surface area contributed by atoms with Crippen LogP contribution in [0.25, 0.3) is 0 Å². The molecule has 0 fully saturated rings. The van der Waals surface area contributed by atoms with Crippen molar-refractivity contribution >= 4 is 229 Å². The van der Waals surface area contributed by atoms with E-state index < -0.39 is 23.9 Å². The van der Waals surface area contributed by atoms with Crippen LogP contribution in [0.4, 0.5) is 0 Å². The van der Waals surface area contributed by atoms with E-state index in [1.54, 1.807) is 0 Å². The van der Waals surface area contributed by atoms with Gasteiger partial charge in [-0.05, 0) is 0 Å². The molecule has 0 aromatic rings. The molecule has 10 N–H and O–H groups in total. The van der Waals surface area contributed by atoms with E-state index in [2.05, 4.69) is 13.2 Å². The molecule has 0 rings (SSSR count). The molecule has 0 radical (unpaired) electrons. The van der Waals surface area contributed by atoms with E-state index in [-0.39, 0.29) is 218 Å². The molecule has 14 heteroatoms. The summed E-state index contributed by atoms with van der Waals surface area (Å²) in [4.78, 5) is 36.0. The van der Waals surface area contributed by atoms with Crippen LogP contribution in [-0.2, 0) is 19.2 Å². The van der Waals surface area contributed by atoms with Gasteiger partial charge in [0.15, 0.2) is 0 Å². The molecule has 0 spiro atoms. The summed E-state index contributed by atoms with van der Waals surface area (Å²) < 4.78 is 0. The summed E-state index contributed by atoms with van der Waals surface area (Å²) in [6.45, 7) is 10.3. The van der Waals surface area contributed by atoms with Crippen LogP contribution in [0.5, 0.6) is 0 Å². The van der Waals surface area contributed by atoms with Gasteiger partial charge in [-0.3, -0.25) is 19.2 Å². The van der Waals surface area contributed by atoms with Crippen LogP contribution in [0, 0.1) is 0 Å². The number of carboxylic acid groups (broad SMARTS) is 4. The molecule has 0 aliphatic heterocycles. The molecule has 0 aliphatic rings. The number of carbonyl (C=O) groups is 4. The van der Waals surface area contributed by atoms with Gasteiger partial charge < -0.3 is 32.7 Å². The van der Waals surface area contributed by atoms with Crippen molar-refractivity contribution in [2.75, 3.05) is 0 Å². The first kappa shape index (κ1) is 70.6. The fourth-order valence-corrected chi connectivity index (χ4v) is 0. The maximum atomic E-state index is 9.00. The Labute approximate surface area is 313 Å².